The predicted octanol–water partition coefficient (Wildman–Crippen LogP) is 3.56. The highest BCUT2D eigenvalue weighted by Crippen LogP contribution is 2.45. The Morgan fingerprint density at radius 1 is 1.14 bits per heavy atom. The number of carbonyl (C=O) groups excluding carboxylic acids is 2. The largest absolute Gasteiger partial charge is 0.497 e. The molecule has 2 aromatic carbocycles. The van der Waals surface area contributed by atoms with Gasteiger partial charge >= 0.3 is 6.03 Å². The minimum atomic E-state index is -1.13. The van der Waals surface area contributed by atoms with Gasteiger partial charge < -0.3 is 14.6 Å². The average molecular weight is 379 g/mol. The number of rotatable bonds is 2. The van der Waals surface area contributed by atoms with Crippen LogP contribution in [-0.2, 0) is 16.8 Å². The van der Waals surface area contributed by atoms with Crippen molar-refractivity contribution >= 4 is 28.5 Å². The summed E-state index contributed by atoms with van der Waals surface area (Å²) in [5, 5.41) is 0.996. The molecule has 2 aliphatic heterocycles. The van der Waals surface area contributed by atoms with Crippen LogP contribution >= 0.6 is 0 Å². The third-order valence-corrected chi connectivity index (χ3v) is 5.85. The van der Waals surface area contributed by atoms with Crippen molar-refractivity contribution < 1.29 is 18.7 Å². The van der Waals surface area contributed by atoms with E-state index in [-0.39, 0.29) is 11.9 Å². The molecule has 3 aromatic rings. The Morgan fingerprint density at radius 2 is 1.89 bits per heavy atom. The number of imide groups is 1. The van der Waals surface area contributed by atoms with Crippen LogP contribution in [0.3, 0.4) is 0 Å². The molecule has 0 saturated carbocycles. The van der Waals surface area contributed by atoms with Gasteiger partial charge in [0.15, 0.2) is 5.54 Å². The van der Waals surface area contributed by atoms with E-state index >= 15 is 0 Å². The molecule has 1 aromatic heterocycles. The van der Waals surface area contributed by atoms with Gasteiger partial charge in [0.05, 0.1) is 18.5 Å². The van der Waals surface area contributed by atoms with Crippen molar-refractivity contribution in [3.05, 3.63) is 59.5 Å². The second-order valence-corrected chi connectivity index (χ2v) is 7.26. The highest BCUT2D eigenvalue weighted by molar-refractivity contribution is 6.23. The Morgan fingerprint density at radius 3 is 2.61 bits per heavy atom. The van der Waals surface area contributed by atoms with Crippen LogP contribution in [0.25, 0.3) is 10.9 Å². The lowest BCUT2D eigenvalue weighted by Crippen LogP contribution is -2.49. The van der Waals surface area contributed by atoms with Gasteiger partial charge in [-0.25, -0.2) is 14.1 Å². The number of H-pyrrole nitrogens is 1. The van der Waals surface area contributed by atoms with Crippen molar-refractivity contribution in [1.82, 2.24) is 9.88 Å². The smallest absolute Gasteiger partial charge is 0.332 e. The van der Waals surface area contributed by atoms with Crippen molar-refractivity contribution in [2.24, 2.45) is 0 Å². The minimum Gasteiger partial charge on any atom is -0.497 e. The number of ether oxygens (including phenoxy) is 1. The number of hydrogen-bond donors (Lipinski definition) is 1. The Balaban J connectivity index is 1.67. The first-order valence-corrected chi connectivity index (χ1v) is 9.06. The van der Waals surface area contributed by atoms with Gasteiger partial charge in [0.1, 0.15) is 11.6 Å². The summed E-state index contributed by atoms with van der Waals surface area (Å²) in [4.78, 5) is 32.6. The summed E-state index contributed by atoms with van der Waals surface area (Å²) in [6.07, 6.45) is 0.633. The van der Waals surface area contributed by atoms with E-state index in [1.807, 2.05) is 18.2 Å². The Labute approximate surface area is 160 Å². The number of hydrogen-bond acceptors (Lipinski definition) is 3. The Hall–Kier alpha value is -3.35. The summed E-state index contributed by atoms with van der Waals surface area (Å²) in [6, 6.07) is 10.7. The zero-order chi connectivity index (χ0) is 19.6. The number of aromatic amines is 1. The number of aromatic nitrogens is 1. The molecule has 1 saturated heterocycles. The zero-order valence-corrected chi connectivity index (χ0v) is 15.5. The molecule has 1 N–H and O–H groups in total. The van der Waals surface area contributed by atoms with Crippen LogP contribution in [0.2, 0.25) is 0 Å². The lowest BCUT2D eigenvalue weighted by atomic mass is 9.87. The van der Waals surface area contributed by atoms with Crippen molar-refractivity contribution in [3.8, 4) is 5.75 Å². The van der Waals surface area contributed by atoms with Crippen LogP contribution in [0.5, 0.6) is 5.75 Å². The molecule has 6 nitrogen and oxygen atoms in total. The molecule has 3 heterocycles. The first-order valence-electron chi connectivity index (χ1n) is 9.06. The van der Waals surface area contributed by atoms with E-state index in [0.717, 1.165) is 32.8 Å². The van der Waals surface area contributed by atoms with Crippen molar-refractivity contribution in [2.45, 2.75) is 18.9 Å². The van der Waals surface area contributed by atoms with Gasteiger partial charge in [0.2, 0.25) is 0 Å². The van der Waals surface area contributed by atoms with Gasteiger partial charge in [-0.1, -0.05) is 0 Å². The molecule has 0 radical (unpaired) electrons. The van der Waals surface area contributed by atoms with Crippen LogP contribution in [0.4, 0.5) is 14.9 Å². The molecule has 0 aliphatic carbocycles. The first-order chi connectivity index (χ1) is 13.4. The van der Waals surface area contributed by atoms with Crippen LogP contribution < -0.4 is 9.64 Å². The molecule has 28 heavy (non-hydrogen) atoms. The topological polar surface area (TPSA) is 65.6 Å². The quantitative estimate of drug-likeness (QED) is 0.693. The number of anilines is 1. The Kier molecular flexibility index (Phi) is 3.34. The first kappa shape index (κ1) is 16.8. The molecular formula is C21H18FN3O3. The number of carbonyl (C=O) groups is 2. The summed E-state index contributed by atoms with van der Waals surface area (Å²) in [5.74, 6) is -0.0224. The maximum atomic E-state index is 13.4. The third kappa shape index (κ3) is 2.01. The van der Waals surface area contributed by atoms with E-state index in [4.69, 9.17) is 4.74 Å². The average Bonchev–Trinajstić information content (AvgIpc) is 3.17. The molecule has 3 amide bonds. The fourth-order valence-corrected chi connectivity index (χ4v) is 4.36. The summed E-state index contributed by atoms with van der Waals surface area (Å²) in [5.41, 5.74) is 1.88. The number of methoxy groups -OCH3 is 1. The lowest BCUT2D eigenvalue weighted by Gasteiger charge is -2.35. The number of benzene rings is 2. The van der Waals surface area contributed by atoms with Crippen LogP contribution in [0.15, 0.2) is 42.5 Å². The van der Waals surface area contributed by atoms with E-state index in [9.17, 15) is 14.0 Å². The van der Waals surface area contributed by atoms with Gasteiger partial charge in [-0.2, -0.15) is 0 Å². The second kappa shape index (κ2) is 5.58. The lowest BCUT2D eigenvalue weighted by molar-refractivity contribution is -0.125. The minimum absolute atomic E-state index is 0.344. The van der Waals surface area contributed by atoms with Gasteiger partial charge in [-0.3, -0.25) is 4.79 Å². The van der Waals surface area contributed by atoms with E-state index in [0.29, 0.717) is 18.7 Å². The number of halogens is 1. The van der Waals surface area contributed by atoms with Gasteiger partial charge in [0, 0.05) is 17.4 Å². The number of urea groups is 1. The molecule has 0 bridgehead atoms. The number of fused-ring (bicyclic) bond motifs is 5. The molecule has 1 fully saturated rings. The maximum Gasteiger partial charge on any atom is 0.332 e. The van der Waals surface area contributed by atoms with Crippen molar-refractivity contribution in [3.63, 3.8) is 0 Å². The van der Waals surface area contributed by atoms with Crippen LogP contribution in [0, 0.1) is 5.82 Å². The van der Waals surface area contributed by atoms with Gasteiger partial charge in [-0.05, 0) is 61.4 Å². The highest BCUT2D eigenvalue weighted by atomic mass is 19.1. The fourth-order valence-electron chi connectivity index (χ4n) is 4.36. The number of nitrogens with zero attached hydrogens (tertiary/aromatic N) is 2. The number of nitrogens with one attached hydrogen (secondary N) is 1. The molecule has 7 heteroatoms. The third-order valence-electron chi connectivity index (χ3n) is 5.85. The van der Waals surface area contributed by atoms with Crippen molar-refractivity contribution in [2.75, 3.05) is 18.6 Å². The fraction of sp³-hybridized carbons (Fsp3) is 0.238. The maximum absolute atomic E-state index is 13.4. The monoisotopic (exact) mass is 379 g/mol. The second-order valence-electron chi connectivity index (χ2n) is 7.26. The van der Waals surface area contributed by atoms with Crippen molar-refractivity contribution in [1.29, 1.82) is 0 Å². The summed E-state index contributed by atoms with van der Waals surface area (Å²) in [6.45, 7) is 2.19. The molecule has 0 unspecified atom stereocenters. The molecular weight excluding hydrogens is 361 g/mol. The van der Waals surface area contributed by atoms with Crippen LogP contribution in [-0.4, -0.2) is 35.5 Å². The number of amides is 3. The predicted molar refractivity (Wildman–Crippen MR) is 102 cm³/mol. The summed E-state index contributed by atoms with van der Waals surface area (Å²) < 4.78 is 18.6. The van der Waals surface area contributed by atoms with E-state index < -0.39 is 11.4 Å². The molecule has 2 aliphatic rings. The van der Waals surface area contributed by atoms with E-state index in [1.165, 1.54) is 24.3 Å². The van der Waals surface area contributed by atoms with Crippen LogP contribution in [0.1, 0.15) is 18.2 Å². The summed E-state index contributed by atoms with van der Waals surface area (Å²) in [7, 11) is 1.61. The van der Waals surface area contributed by atoms with Gasteiger partial charge in [-0.15, -0.1) is 0 Å². The summed E-state index contributed by atoms with van der Waals surface area (Å²) >= 11 is 0. The molecule has 142 valence electrons. The normalized spacial score (nSPS) is 21.2. The van der Waals surface area contributed by atoms with E-state index in [2.05, 4.69) is 4.98 Å². The molecule has 0 spiro atoms. The zero-order valence-electron chi connectivity index (χ0n) is 15.5. The molecule has 1 atom stereocenters. The van der Waals surface area contributed by atoms with Gasteiger partial charge in [0.25, 0.3) is 5.91 Å². The standard InChI is InChI=1S/C21H18FN3O3/c1-21-18-15(16-11-14(28-2)7-8-17(16)23-18)9-10-24(21)20(27)25(19(21)26)13-5-3-12(22)4-6-13/h3-8,11,23H,9-10H2,1-2H3/t21-/m1/s1. The Bertz CT molecular complexity index is 1140. The molecule has 5 rings (SSSR count). The van der Waals surface area contributed by atoms with E-state index in [1.54, 1.807) is 18.9 Å². The SMILES string of the molecule is COc1ccc2[nH]c3c(c2c1)CCN1C(=O)N(c2ccc(F)cc2)C(=O)[C@@]31C. The highest BCUT2D eigenvalue weighted by Gasteiger charge is 2.59.